The van der Waals surface area contributed by atoms with Crippen molar-refractivity contribution in [3.05, 3.63) is 29.2 Å². The second-order valence-electron chi connectivity index (χ2n) is 4.05. The van der Waals surface area contributed by atoms with E-state index in [0.717, 1.165) is 19.3 Å². The topological polar surface area (TPSA) is 66.8 Å². The van der Waals surface area contributed by atoms with Crippen LogP contribution < -0.4 is 0 Å². The highest BCUT2D eigenvalue weighted by atomic mass is 32.2. The van der Waals surface area contributed by atoms with Crippen LogP contribution in [0.15, 0.2) is 34.3 Å². The molecule has 0 N–H and O–H groups in total. The van der Waals surface area contributed by atoms with E-state index in [0.29, 0.717) is 13.1 Å². The zero-order chi connectivity index (χ0) is 12.3. The van der Waals surface area contributed by atoms with Crippen LogP contribution in [-0.2, 0) is 10.0 Å². The summed E-state index contributed by atoms with van der Waals surface area (Å²) in [5.41, 5.74) is 0.239. The van der Waals surface area contributed by atoms with E-state index < -0.39 is 10.0 Å². The first-order valence-electron chi connectivity index (χ1n) is 5.58. The number of hydrogen-bond acceptors (Lipinski definition) is 4. The van der Waals surface area contributed by atoms with Gasteiger partial charge in [0.05, 0.1) is 4.90 Å². The molecule has 0 radical (unpaired) electrons. The summed E-state index contributed by atoms with van der Waals surface area (Å²) in [6.07, 6.45) is 2.90. The summed E-state index contributed by atoms with van der Waals surface area (Å²) in [4.78, 5) is 10.5. The number of benzene rings is 1. The standard InChI is InChI=1S/C11H14N2O3S/c14-12-10-4-6-11(7-5-10)17(15,16)13-8-2-1-3-9-13/h4-7H,1-3,8-9H2. The molecule has 1 heterocycles. The van der Waals surface area contributed by atoms with Gasteiger partial charge in [0.15, 0.2) is 0 Å². The molecule has 6 heteroatoms. The molecular weight excluding hydrogens is 240 g/mol. The second-order valence-corrected chi connectivity index (χ2v) is 5.99. The van der Waals surface area contributed by atoms with Crippen LogP contribution in [0.5, 0.6) is 0 Å². The smallest absolute Gasteiger partial charge is 0.207 e. The van der Waals surface area contributed by atoms with Crippen LogP contribution in [0.25, 0.3) is 0 Å². The highest BCUT2D eigenvalue weighted by Crippen LogP contribution is 2.22. The zero-order valence-corrected chi connectivity index (χ0v) is 10.2. The first kappa shape index (κ1) is 12.2. The lowest BCUT2D eigenvalue weighted by Crippen LogP contribution is -2.35. The minimum Gasteiger partial charge on any atom is -0.207 e. The van der Waals surface area contributed by atoms with Crippen molar-refractivity contribution in [2.75, 3.05) is 13.1 Å². The van der Waals surface area contributed by atoms with Crippen LogP contribution in [0.3, 0.4) is 0 Å². The summed E-state index contributed by atoms with van der Waals surface area (Å²) in [7, 11) is -3.40. The minimum absolute atomic E-state index is 0.229. The Kier molecular flexibility index (Phi) is 3.54. The van der Waals surface area contributed by atoms with Crippen molar-refractivity contribution in [3.8, 4) is 0 Å². The summed E-state index contributed by atoms with van der Waals surface area (Å²) in [6.45, 7) is 1.16. The number of sulfonamides is 1. The Morgan fingerprint density at radius 2 is 1.59 bits per heavy atom. The Balaban J connectivity index is 2.26. The molecule has 2 rings (SSSR count). The number of nitrogens with zero attached hydrogens (tertiary/aromatic N) is 2. The summed E-state index contributed by atoms with van der Waals surface area (Å²) in [5.74, 6) is 0. The zero-order valence-electron chi connectivity index (χ0n) is 9.37. The maximum Gasteiger partial charge on any atom is 0.243 e. The molecule has 1 aromatic rings. The van der Waals surface area contributed by atoms with Gasteiger partial charge in [-0.2, -0.15) is 4.31 Å². The molecule has 1 aliphatic heterocycles. The van der Waals surface area contributed by atoms with Gasteiger partial charge in [-0.15, -0.1) is 4.91 Å². The van der Waals surface area contributed by atoms with Gasteiger partial charge in [0, 0.05) is 13.1 Å². The predicted molar refractivity (Wildman–Crippen MR) is 64.5 cm³/mol. The molecule has 0 aromatic heterocycles. The second kappa shape index (κ2) is 4.93. The number of rotatable bonds is 3. The molecule has 0 amide bonds. The SMILES string of the molecule is O=Nc1ccc(S(=O)(=O)N2CCCCC2)cc1. The molecule has 1 aliphatic rings. The van der Waals surface area contributed by atoms with Gasteiger partial charge in [-0.25, -0.2) is 8.42 Å². The Morgan fingerprint density at radius 3 is 2.12 bits per heavy atom. The lowest BCUT2D eigenvalue weighted by atomic mass is 10.2. The molecule has 0 unspecified atom stereocenters. The van der Waals surface area contributed by atoms with Gasteiger partial charge >= 0.3 is 0 Å². The van der Waals surface area contributed by atoms with Crippen molar-refractivity contribution >= 4 is 15.7 Å². The van der Waals surface area contributed by atoms with Crippen LogP contribution in [-0.4, -0.2) is 25.8 Å². The highest BCUT2D eigenvalue weighted by Gasteiger charge is 2.25. The van der Waals surface area contributed by atoms with Crippen LogP contribution in [0.2, 0.25) is 0 Å². The summed E-state index contributed by atoms with van der Waals surface area (Å²) >= 11 is 0. The molecule has 0 bridgehead atoms. The molecule has 17 heavy (non-hydrogen) atoms. The van der Waals surface area contributed by atoms with Gasteiger partial charge in [0.1, 0.15) is 5.69 Å². The lowest BCUT2D eigenvalue weighted by Gasteiger charge is -2.25. The maximum absolute atomic E-state index is 12.2. The molecule has 0 atom stereocenters. The molecule has 5 nitrogen and oxygen atoms in total. The van der Waals surface area contributed by atoms with Gasteiger partial charge in [-0.1, -0.05) is 6.42 Å². The summed E-state index contributed by atoms with van der Waals surface area (Å²) < 4.78 is 25.9. The van der Waals surface area contributed by atoms with Crippen LogP contribution in [0.4, 0.5) is 5.69 Å². The van der Waals surface area contributed by atoms with Crippen molar-refractivity contribution in [2.24, 2.45) is 5.18 Å². The van der Waals surface area contributed by atoms with Crippen LogP contribution in [0.1, 0.15) is 19.3 Å². The fourth-order valence-electron chi connectivity index (χ4n) is 1.93. The fourth-order valence-corrected chi connectivity index (χ4v) is 3.45. The van der Waals surface area contributed by atoms with Gasteiger partial charge in [0.25, 0.3) is 0 Å². The predicted octanol–water partition coefficient (Wildman–Crippen LogP) is 2.26. The molecule has 0 aliphatic carbocycles. The monoisotopic (exact) mass is 254 g/mol. The fraction of sp³-hybridized carbons (Fsp3) is 0.455. The molecule has 0 saturated carbocycles. The van der Waals surface area contributed by atoms with Crippen molar-refractivity contribution in [3.63, 3.8) is 0 Å². The van der Waals surface area contributed by atoms with E-state index >= 15 is 0 Å². The quantitative estimate of drug-likeness (QED) is 0.777. The molecule has 1 saturated heterocycles. The van der Waals surface area contributed by atoms with Crippen LogP contribution in [0, 0.1) is 4.91 Å². The van der Waals surface area contributed by atoms with Crippen molar-refractivity contribution in [2.45, 2.75) is 24.2 Å². The van der Waals surface area contributed by atoms with Crippen LogP contribution >= 0.6 is 0 Å². The minimum atomic E-state index is -3.40. The molecule has 1 fully saturated rings. The van der Waals surface area contributed by atoms with Crippen molar-refractivity contribution in [1.82, 2.24) is 4.31 Å². The Bertz CT molecular complexity index is 490. The van der Waals surface area contributed by atoms with Gasteiger partial charge in [-0.05, 0) is 42.3 Å². The van der Waals surface area contributed by atoms with E-state index in [1.165, 1.54) is 28.6 Å². The largest absolute Gasteiger partial charge is 0.243 e. The summed E-state index contributed by atoms with van der Waals surface area (Å²) in [6, 6.07) is 5.70. The Morgan fingerprint density at radius 1 is 1.00 bits per heavy atom. The third-order valence-corrected chi connectivity index (χ3v) is 4.81. The number of nitroso groups, excluding NO2 is 1. The average molecular weight is 254 g/mol. The van der Waals surface area contributed by atoms with Gasteiger partial charge in [-0.3, -0.25) is 0 Å². The lowest BCUT2D eigenvalue weighted by molar-refractivity contribution is 0.346. The van der Waals surface area contributed by atoms with E-state index in [9.17, 15) is 13.3 Å². The van der Waals surface area contributed by atoms with E-state index in [2.05, 4.69) is 5.18 Å². The first-order chi connectivity index (χ1) is 8.14. The van der Waals surface area contributed by atoms with Gasteiger partial charge in [0.2, 0.25) is 10.0 Å². The van der Waals surface area contributed by atoms with E-state index in [-0.39, 0.29) is 10.6 Å². The van der Waals surface area contributed by atoms with E-state index in [1.807, 2.05) is 0 Å². The average Bonchev–Trinajstić information content (AvgIpc) is 2.40. The first-order valence-corrected chi connectivity index (χ1v) is 7.02. The molecule has 0 spiro atoms. The van der Waals surface area contributed by atoms with Gasteiger partial charge < -0.3 is 0 Å². The van der Waals surface area contributed by atoms with E-state index in [1.54, 1.807) is 0 Å². The van der Waals surface area contributed by atoms with E-state index in [4.69, 9.17) is 0 Å². The summed E-state index contributed by atoms with van der Waals surface area (Å²) in [5, 5.41) is 2.75. The third-order valence-electron chi connectivity index (χ3n) is 2.89. The normalized spacial score (nSPS) is 17.9. The Labute approximate surface area is 100 Å². The highest BCUT2D eigenvalue weighted by molar-refractivity contribution is 7.89. The molecular formula is C11H14N2O3S. The van der Waals surface area contributed by atoms with Crippen molar-refractivity contribution in [1.29, 1.82) is 0 Å². The third kappa shape index (κ3) is 2.53. The Hall–Kier alpha value is -1.27. The maximum atomic E-state index is 12.2. The van der Waals surface area contributed by atoms with Crippen molar-refractivity contribution < 1.29 is 8.42 Å². The number of hydrogen-bond donors (Lipinski definition) is 0. The molecule has 92 valence electrons. The number of piperidine rings is 1. The molecule has 1 aromatic carbocycles.